The van der Waals surface area contributed by atoms with Gasteiger partial charge in [-0.05, 0) is 37.3 Å². The number of phenols is 1. The molecule has 0 radical (unpaired) electrons. The third kappa shape index (κ3) is 2.73. The fraction of sp³-hybridized carbons (Fsp3) is 0.0588. The highest BCUT2D eigenvalue weighted by Crippen LogP contribution is 2.24. The molecule has 3 rings (SSSR count). The fourth-order valence-electron chi connectivity index (χ4n) is 2.40. The van der Waals surface area contributed by atoms with Crippen molar-refractivity contribution in [3.63, 3.8) is 0 Å². The predicted octanol–water partition coefficient (Wildman–Crippen LogP) is 3.17. The summed E-state index contributed by atoms with van der Waals surface area (Å²) in [5, 5.41) is 12.8. The van der Waals surface area contributed by atoms with Crippen LogP contribution in [0.3, 0.4) is 0 Å². The lowest BCUT2D eigenvalue weighted by Crippen LogP contribution is -2.20. The molecule has 3 aromatic rings. The van der Waals surface area contributed by atoms with E-state index in [1.807, 2.05) is 6.07 Å². The van der Waals surface area contributed by atoms with Gasteiger partial charge in [-0.3, -0.25) is 14.7 Å². The number of aromatic nitrogens is 2. The molecule has 0 saturated carbocycles. The highest BCUT2D eigenvalue weighted by atomic mass is 79.9. The van der Waals surface area contributed by atoms with Crippen molar-refractivity contribution in [1.29, 1.82) is 0 Å². The van der Waals surface area contributed by atoms with Gasteiger partial charge >= 0.3 is 0 Å². The number of hydrogen-bond donors (Lipinski definition) is 2. The van der Waals surface area contributed by atoms with E-state index < -0.39 is 11.3 Å². The van der Waals surface area contributed by atoms with Crippen LogP contribution in [0.15, 0.2) is 57.8 Å². The molecule has 0 fully saturated rings. The number of rotatable bonds is 3. The van der Waals surface area contributed by atoms with Crippen LogP contribution in [-0.4, -0.2) is 20.7 Å². The SMILES string of the molecule is Cc1[nH]n(-c2ccccc2)c(=O)c1C(=O)c1cc(Br)ccc1O. The third-order valence-electron chi connectivity index (χ3n) is 3.52. The second-order valence-corrected chi connectivity index (χ2v) is 5.99. The molecule has 0 aliphatic carbocycles. The molecule has 0 aliphatic rings. The number of carbonyl (C=O) groups is 1. The summed E-state index contributed by atoms with van der Waals surface area (Å²) in [5.74, 6) is -0.679. The van der Waals surface area contributed by atoms with Crippen LogP contribution in [0.4, 0.5) is 0 Å². The van der Waals surface area contributed by atoms with Crippen molar-refractivity contribution < 1.29 is 9.90 Å². The van der Waals surface area contributed by atoms with Crippen LogP contribution in [-0.2, 0) is 0 Å². The molecule has 0 saturated heterocycles. The molecule has 0 spiro atoms. The van der Waals surface area contributed by atoms with Crippen LogP contribution in [0.2, 0.25) is 0 Å². The maximum absolute atomic E-state index is 12.7. The number of benzene rings is 2. The number of halogens is 1. The van der Waals surface area contributed by atoms with Crippen molar-refractivity contribution in [1.82, 2.24) is 9.78 Å². The van der Waals surface area contributed by atoms with E-state index in [1.165, 1.54) is 16.8 Å². The minimum atomic E-state index is -0.516. The molecule has 2 N–H and O–H groups in total. The molecular formula is C17H13BrN2O3. The number of nitrogens with zero attached hydrogens (tertiary/aromatic N) is 1. The van der Waals surface area contributed by atoms with Gasteiger partial charge in [-0.15, -0.1) is 0 Å². The first-order valence-electron chi connectivity index (χ1n) is 6.89. The number of aromatic hydroxyl groups is 1. The standard InChI is InChI=1S/C17H13BrN2O3/c1-10-15(16(22)13-9-11(18)7-8-14(13)21)17(23)20(19-10)12-5-3-2-4-6-12/h2-9,19,21H,1H3. The number of ketones is 1. The smallest absolute Gasteiger partial charge is 0.282 e. The van der Waals surface area contributed by atoms with Gasteiger partial charge in [0.1, 0.15) is 11.3 Å². The molecule has 0 unspecified atom stereocenters. The van der Waals surface area contributed by atoms with Gasteiger partial charge in [0.25, 0.3) is 5.56 Å². The lowest BCUT2D eigenvalue weighted by atomic mass is 10.0. The Morgan fingerprint density at radius 2 is 1.87 bits per heavy atom. The van der Waals surface area contributed by atoms with Crippen molar-refractivity contribution in [2.75, 3.05) is 0 Å². The van der Waals surface area contributed by atoms with Gasteiger partial charge in [-0.2, -0.15) is 0 Å². The number of para-hydroxylation sites is 1. The Labute approximate surface area is 140 Å². The van der Waals surface area contributed by atoms with E-state index in [0.717, 1.165) is 0 Å². The molecule has 1 heterocycles. The maximum atomic E-state index is 12.7. The lowest BCUT2D eigenvalue weighted by Gasteiger charge is -2.03. The molecular weight excluding hydrogens is 360 g/mol. The summed E-state index contributed by atoms with van der Waals surface area (Å²) in [7, 11) is 0. The molecule has 0 amide bonds. The van der Waals surface area contributed by atoms with Crippen molar-refractivity contribution in [2.24, 2.45) is 0 Å². The minimum absolute atomic E-state index is 0.0160. The van der Waals surface area contributed by atoms with Crippen molar-refractivity contribution in [2.45, 2.75) is 6.92 Å². The summed E-state index contributed by atoms with van der Waals surface area (Å²) in [5.41, 5.74) is 0.737. The molecule has 2 aromatic carbocycles. The normalized spacial score (nSPS) is 10.7. The van der Waals surface area contributed by atoms with Crippen LogP contribution in [0.5, 0.6) is 5.75 Å². The molecule has 23 heavy (non-hydrogen) atoms. The molecule has 116 valence electrons. The van der Waals surface area contributed by atoms with E-state index in [1.54, 1.807) is 37.3 Å². The lowest BCUT2D eigenvalue weighted by molar-refractivity contribution is 0.103. The Morgan fingerprint density at radius 3 is 2.57 bits per heavy atom. The molecule has 0 bridgehead atoms. The zero-order valence-corrected chi connectivity index (χ0v) is 13.8. The van der Waals surface area contributed by atoms with Crippen LogP contribution < -0.4 is 5.56 Å². The molecule has 0 aliphatic heterocycles. The Kier molecular flexibility index (Phi) is 3.92. The number of phenolic OH excluding ortho intramolecular Hbond substituents is 1. The van der Waals surface area contributed by atoms with Gasteiger partial charge in [0, 0.05) is 10.2 Å². The quantitative estimate of drug-likeness (QED) is 0.693. The maximum Gasteiger partial charge on any atom is 0.282 e. The summed E-state index contributed by atoms with van der Waals surface area (Å²) < 4.78 is 1.97. The first kappa shape index (κ1) is 15.3. The zero-order chi connectivity index (χ0) is 16.6. The first-order valence-corrected chi connectivity index (χ1v) is 7.68. The third-order valence-corrected chi connectivity index (χ3v) is 4.01. The van der Waals surface area contributed by atoms with Gasteiger partial charge in [0.05, 0.1) is 11.3 Å². The van der Waals surface area contributed by atoms with E-state index >= 15 is 0 Å². The summed E-state index contributed by atoms with van der Waals surface area (Å²) in [4.78, 5) is 25.3. The van der Waals surface area contributed by atoms with Crippen LogP contribution in [0.25, 0.3) is 5.69 Å². The Balaban J connectivity index is 2.15. The zero-order valence-electron chi connectivity index (χ0n) is 12.2. The van der Waals surface area contributed by atoms with E-state index in [9.17, 15) is 14.7 Å². The van der Waals surface area contributed by atoms with Gasteiger partial charge in [-0.1, -0.05) is 34.1 Å². The topological polar surface area (TPSA) is 75.1 Å². The number of nitrogens with one attached hydrogen (secondary N) is 1. The van der Waals surface area contributed by atoms with Crippen LogP contribution in [0, 0.1) is 6.92 Å². The summed E-state index contributed by atoms with van der Waals surface area (Å²) in [6, 6.07) is 13.5. The van der Waals surface area contributed by atoms with E-state index in [-0.39, 0.29) is 16.9 Å². The summed E-state index contributed by atoms with van der Waals surface area (Å²) in [6.07, 6.45) is 0. The van der Waals surface area contributed by atoms with E-state index in [0.29, 0.717) is 15.9 Å². The number of aryl methyl sites for hydroxylation is 1. The van der Waals surface area contributed by atoms with E-state index in [4.69, 9.17) is 0 Å². The van der Waals surface area contributed by atoms with Gasteiger partial charge in [0.2, 0.25) is 5.78 Å². The number of hydrogen-bond acceptors (Lipinski definition) is 3. The van der Waals surface area contributed by atoms with E-state index in [2.05, 4.69) is 21.0 Å². The highest BCUT2D eigenvalue weighted by molar-refractivity contribution is 9.10. The summed E-state index contributed by atoms with van der Waals surface area (Å²) in [6.45, 7) is 1.66. The Hall–Kier alpha value is -2.60. The number of aromatic amines is 1. The van der Waals surface area contributed by atoms with Crippen molar-refractivity contribution in [3.8, 4) is 11.4 Å². The molecule has 1 aromatic heterocycles. The molecule has 5 nitrogen and oxygen atoms in total. The Morgan fingerprint density at radius 1 is 1.17 bits per heavy atom. The predicted molar refractivity (Wildman–Crippen MR) is 90.4 cm³/mol. The average Bonchev–Trinajstić information content (AvgIpc) is 2.85. The minimum Gasteiger partial charge on any atom is -0.507 e. The number of H-pyrrole nitrogens is 1. The number of carbonyl (C=O) groups excluding carboxylic acids is 1. The second kappa shape index (κ2) is 5.89. The molecule has 0 atom stereocenters. The fourth-order valence-corrected chi connectivity index (χ4v) is 2.76. The largest absolute Gasteiger partial charge is 0.507 e. The van der Waals surface area contributed by atoms with Gasteiger partial charge in [-0.25, -0.2) is 4.68 Å². The van der Waals surface area contributed by atoms with Gasteiger partial charge < -0.3 is 5.11 Å². The van der Waals surface area contributed by atoms with Crippen LogP contribution >= 0.6 is 15.9 Å². The monoisotopic (exact) mass is 372 g/mol. The second-order valence-electron chi connectivity index (χ2n) is 5.08. The Bertz CT molecular complexity index is 942. The van der Waals surface area contributed by atoms with Crippen molar-refractivity contribution >= 4 is 21.7 Å². The average molecular weight is 373 g/mol. The van der Waals surface area contributed by atoms with Crippen LogP contribution in [0.1, 0.15) is 21.6 Å². The van der Waals surface area contributed by atoms with Gasteiger partial charge in [0.15, 0.2) is 0 Å². The highest BCUT2D eigenvalue weighted by Gasteiger charge is 2.23. The first-order chi connectivity index (χ1) is 11.0. The van der Waals surface area contributed by atoms with Crippen molar-refractivity contribution in [3.05, 3.63) is 80.2 Å². The summed E-state index contributed by atoms with van der Waals surface area (Å²) >= 11 is 3.26. The molecule has 6 heteroatoms.